The number of hydrogen-bond donors (Lipinski definition) is 2. The molecule has 0 saturated carbocycles. The number of methoxy groups -OCH3 is 1. The minimum Gasteiger partial charge on any atom is -0.512 e. The Hall–Kier alpha value is -2.51. The molecule has 0 aliphatic rings. The zero-order valence-corrected chi connectivity index (χ0v) is 12.0. The van der Waals surface area contributed by atoms with Gasteiger partial charge in [-0.25, -0.2) is 4.98 Å². The summed E-state index contributed by atoms with van der Waals surface area (Å²) in [6.45, 7) is 0.658. The molecule has 0 bridgehead atoms. The van der Waals surface area contributed by atoms with Crippen molar-refractivity contribution in [3.8, 4) is 11.5 Å². The lowest BCUT2D eigenvalue weighted by Gasteiger charge is -2.08. The summed E-state index contributed by atoms with van der Waals surface area (Å²) in [6, 6.07) is 12.9. The van der Waals surface area contributed by atoms with Gasteiger partial charge < -0.3 is 24.0 Å². The van der Waals surface area contributed by atoms with Crippen LogP contribution in [0.25, 0.3) is 11.0 Å². The fourth-order valence-corrected chi connectivity index (χ4v) is 2.29. The first-order valence-corrected chi connectivity index (χ1v) is 6.76. The molecule has 2 aromatic carbocycles. The summed E-state index contributed by atoms with van der Waals surface area (Å²) in [5, 5.41) is 17.5. The van der Waals surface area contributed by atoms with Gasteiger partial charge in [0.05, 0.1) is 24.5 Å². The Morgan fingerprint density at radius 1 is 1.09 bits per heavy atom. The van der Waals surface area contributed by atoms with Crippen molar-refractivity contribution in [3.05, 3.63) is 54.4 Å². The molecule has 0 aliphatic heterocycles. The first-order chi connectivity index (χ1) is 10.7. The molecule has 0 saturated heterocycles. The van der Waals surface area contributed by atoms with Crippen LogP contribution in [0.5, 0.6) is 11.5 Å². The summed E-state index contributed by atoms with van der Waals surface area (Å²) in [5.74, 6) is 1.18. The Bertz CT molecular complexity index is 771. The van der Waals surface area contributed by atoms with Gasteiger partial charge in [0, 0.05) is 12.6 Å². The molecule has 3 rings (SSSR count). The van der Waals surface area contributed by atoms with Crippen LogP contribution in [0.1, 0.15) is 5.56 Å². The lowest BCUT2D eigenvalue weighted by Crippen LogP contribution is -2.20. The summed E-state index contributed by atoms with van der Waals surface area (Å²) in [4.78, 5) is 4.37. The predicted octanol–water partition coefficient (Wildman–Crippen LogP) is 1.44. The molecule has 3 aromatic rings. The number of imidazole rings is 1. The largest absolute Gasteiger partial charge is 0.707 e. The highest BCUT2D eigenvalue weighted by molar-refractivity contribution is 6.33. The topological polar surface area (TPSA) is 76.7 Å². The maximum atomic E-state index is 8.75. The van der Waals surface area contributed by atoms with Crippen LogP contribution >= 0.6 is 0 Å². The average Bonchev–Trinajstić information content (AvgIpc) is 2.91. The van der Waals surface area contributed by atoms with Crippen molar-refractivity contribution in [2.75, 3.05) is 7.11 Å². The van der Waals surface area contributed by atoms with E-state index in [1.165, 1.54) is 0 Å². The van der Waals surface area contributed by atoms with Crippen LogP contribution < -0.4 is 9.39 Å². The van der Waals surface area contributed by atoms with Crippen molar-refractivity contribution in [3.63, 3.8) is 0 Å². The molecule has 1 heterocycles. The van der Waals surface area contributed by atoms with Gasteiger partial charge in [-0.05, 0) is 29.8 Å². The summed E-state index contributed by atoms with van der Waals surface area (Å²) >= 11 is 0. The Kier molecular flexibility index (Phi) is 3.99. The minimum absolute atomic E-state index is 0.402. The number of ether oxygens (including phenoxy) is 1. The van der Waals surface area contributed by atoms with Gasteiger partial charge in [0.15, 0.2) is 0 Å². The third kappa shape index (κ3) is 3.05. The molecule has 6 nitrogen and oxygen atoms in total. The molecule has 0 atom stereocenters. The van der Waals surface area contributed by atoms with E-state index >= 15 is 0 Å². The molecular formula is C15H15BN2O4. The van der Waals surface area contributed by atoms with Gasteiger partial charge in [0.2, 0.25) is 0 Å². The quantitative estimate of drug-likeness (QED) is 0.697. The molecule has 0 spiro atoms. The second kappa shape index (κ2) is 6.09. The Morgan fingerprint density at radius 2 is 1.82 bits per heavy atom. The van der Waals surface area contributed by atoms with Gasteiger partial charge in [0.25, 0.3) is 0 Å². The Morgan fingerprint density at radius 3 is 2.50 bits per heavy atom. The summed E-state index contributed by atoms with van der Waals surface area (Å²) in [7, 11) is -0.177. The number of nitrogens with zero attached hydrogens (tertiary/aromatic N) is 2. The van der Waals surface area contributed by atoms with Crippen molar-refractivity contribution >= 4 is 18.4 Å². The van der Waals surface area contributed by atoms with Crippen LogP contribution in [0.4, 0.5) is 0 Å². The molecule has 1 aromatic heterocycles. The number of hydrogen-bond acceptors (Lipinski definition) is 5. The van der Waals surface area contributed by atoms with Crippen LogP contribution in [0.2, 0.25) is 0 Å². The zero-order valence-electron chi connectivity index (χ0n) is 12.0. The number of benzene rings is 2. The van der Waals surface area contributed by atoms with Crippen molar-refractivity contribution < 1.29 is 19.4 Å². The van der Waals surface area contributed by atoms with Gasteiger partial charge in [-0.1, -0.05) is 12.1 Å². The van der Waals surface area contributed by atoms with E-state index in [1.807, 2.05) is 34.9 Å². The number of aromatic nitrogens is 2. The normalized spacial score (nSPS) is 10.7. The maximum Gasteiger partial charge on any atom is 0.707 e. The van der Waals surface area contributed by atoms with E-state index in [2.05, 4.69) is 4.98 Å². The van der Waals surface area contributed by atoms with Gasteiger partial charge in [-0.2, -0.15) is 0 Å². The minimum atomic E-state index is -1.81. The van der Waals surface area contributed by atoms with E-state index in [0.29, 0.717) is 12.3 Å². The Balaban J connectivity index is 1.81. The van der Waals surface area contributed by atoms with Crippen LogP contribution in [0.15, 0.2) is 48.8 Å². The molecule has 2 N–H and O–H groups in total. The molecule has 0 radical (unpaired) electrons. The van der Waals surface area contributed by atoms with E-state index in [1.54, 1.807) is 25.6 Å². The molecule has 7 heteroatoms. The number of rotatable bonds is 5. The first-order valence-electron chi connectivity index (χ1n) is 6.76. The van der Waals surface area contributed by atoms with Crippen molar-refractivity contribution in [2.45, 2.75) is 6.54 Å². The van der Waals surface area contributed by atoms with E-state index in [0.717, 1.165) is 22.3 Å². The fraction of sp³-hybridized carbons (Fsp3) is 0.133. The maximum absolute atomic E-state index is 8.75. The summed E-state index contributed by atoms with van der Waals surface area (Å²) in [5.41, 5.74) is 2.95. The van der Waals surface area contributed by atoms with Crippen molar-refractivity contribution in [1.82, 2.24) is 9.55 Å². The molecule has 0 unspecified atom stereocenters. The summed E-state index contributed by atoms with van der Waals surface area (Å²) in [6.07, 6.45) is 1.78. The van der Waals surface area contributed by atoms with Crippen LogP contribution in [-0.4, -0.2) is 34.0 Å². The lowest BCUT2D eigenvalue weighted by molar-refractivity contribution is 0.288. The molecule has 112 valence electrons. The van der Waals surface area contributed by atoms with Crippen molar-refractivity contribution in [1.29, 1.82) is 0 Å². The Labute approximate surface area is 127 Å². The fourth-order valence-electron chi connectivity index (χ4n) is 2.29. The monoisotopic (exact) mass is 298 g/mol. The smallest absolute Gasteiger partial charge is 0.512 e. The van der Waals surface area contributed by atoms with Crippen LogP contribution in [-0.2, 0) is 6.54 Å². The lowest BCUT2D eigenvalue weighted by atomic mass is 10.2. The summed E-state index contributed by atoms with van der Waals surface area (Å²) < 4.78 is 12.0. The van der Waals surface area contributed by atoms with Gasteiger partial charge in [-0.3, -0.25) is 0 Å². The van der Waals surface area contributed by atoms with Crippen LogP contribution in [0.3, 0.4) is 0 Å². The highest BCUT2D eigenvalue weighted by Gasteiger charge is 2.11. The molecule has 22 heavy (non-hydrogen) atoms. The van der Waals surface area contributed by atoms with E-state index in [9.17, 15) is 0 Å². The molecule has 0 aliphatic carbocycles. The molecular weight excluding hydrogens is 283 g/mol. The third-order valence-electron chi connectivity index (χ3n) is 3.35. The third-order valence-corrected chi connectivity index (χ3v) is 3.35. The highest BCUT2D eigenvalue weighted by Crippen LogP contribution is 2.21. The van der Waals surface area contributed by atoms with Crippen molar-refractivity contribution in [2.24, 2.45) is 0 Å². The second-order valence-corrected chi connectivity index (χ2v) is 4.82. The predicted molar refractivity (Wildman–Crippen MR) is 82.6 cm³/mol. The second-order valence-electron chi connectivity index (χ2n) is 4.82. The molecule has 0 amide bonds. The van der Waals surface area contributed by atoms with E-state index in [-0.39, 0.29) is 0 Å². The van der Waals surface area contributed by atoms with Crippen LogP contribution in [0, 0.1) is 0 Å². The zero-order chi connectivity index (χ0) is 15.5. The standard InChI is InChI=1S/C15H15BN2O4/c1-21-13-6-7-15-14(8-13)17-10-18(15)9-11-2-4-12(5-3-11)22-16(19)20/h2-8,10,19-20H,9H2,1H3. The first kappa shape index (κ1) is 14.4. The average molecular weight is 298 g/mol. The van der Waals surface area contributed by atoms with Gasteiger partial charge in [-0.15, -0.1) is 0 Å². The number of fused-ring (bicyclic) bond motifs is 1. The van der Waals surface area contributed by atoms with E-state index in [4.69, 9.17) is 19.4 Å². The highest BCUT2D eigenvalue weighted by atomic mass is 16.6. The van der Waals surface area contributed by atoms with E-state index < -0.39 is 7.32 Å². The van der Waals surface area contributed by atoms with Gasteiger partial charge >= 0.3 is 7.32 Å². The molecule has 0 fully saturated rings. The SMILES string of the molecule is COc1ccc2c(c1)ncn2Cc1ccc(OB(O)O)cc1. The van der Waals surface area contributed by atoms with Gasteiger partial charge in [0.1, 0.15) is 11.5 Å².